The van der Waals surface area contributed by atoms with E-state index in [0.717, 1.165) is 0 Å². The Balaban J connectivity index is 2.14. The van der Waals surface area contributed by atoms with Gasteiger partial charge in [0, 0.05) is 25.8 Å². The van der Waals surface area contributed by atoms with E-state index < -0.39 is 5.41 Å². The Labute approximate surface area is 120 Å². The number of amides is 1. The summed E-state index contributed by atoms with van der Waals surface area (Å²) in [7, 11) is 0. The van der Waals surface area contributed by atoms with Gasteiger partial charge in [0.2, 0.25) is 11.2 Å². The molecule has 1 amide bonds. The Bertz CT molecular complexity index is 458. The van der Waals surface area contributed by atoms with E-state index in [9.17, 15) is 4.79 Å². The highest BCUT2D eigenvalue weighted by Gasteiger charge is 2.39. The standard InChI is InChI=1S/C11H14Cl2N4O2/c12-7-5-8(17-10(13)15-7)16-9(18)11(6-14)1-3-19-4-2-11/h5H,1-4,6,14H2,(H,15,16,17,18). The second-order valence-corrected chi connectivity index (χ2v) is 5.12. The van der Waals surface area contributed by atoms with Gasteiger partial charge >= 0.3 is 0 Å². The number of nitrogens with zero attached hydrogens (tertiary/aromatic N) is 2. The summed E-state index contributed by atoms with van der Waals surface area (Å²) in [5, 5.41) is 2.84. The van der Waals surface area contributed by atoms with E-state index in [1.165, 1.54) is 6.07 Å². The van der Waals surface area contributed by atoms with Crippen LogP contribution in [0.5, 0.6) is 0 Å². The van der Waals surface area contributed by atoms with Crippen molar-refractivity contribution in [2.24, 2.45) is 11.1 Å². The molecule has 3 N–H and O–H groups in total. The van der Waals surface area contributed by atoms with E-state index in [1.54, 1.807) is 0 Å². The van der Waals surface area contributed by atoms with E-state index in [0.29, 0.717) is 26.1 Å². The number of ether oxygens (including phenoxy) is 1. The zero-order valence-electron chi connectivity index (χ0n) is 10.2. The molecule has 1 aliphatic rings. The van der Waals surface area contributed by atoms with Crippen LogP contribution in [0.15, 0.2) is 6.07 Å². The van der Waals surface area contributed by atoms with Crippen LogP contribution in [0.3, 0.4) is 0 Å². The minimum Gasteiger partial charge on any atom is -0.381 e. The van der Waals surface area contributed by atoms with Gasteiger partial charge in [-0.05, 0) is 24.4 Å². The monoisotopic (exact) mass is 304 g/mol. The normalized spacial score (nSPS) is 18.1. The van der Waals surface area contributed by atoms with Crippen LogP contribution in [0.25, 0.3) is 0 Å². The van der Waals surface area contributed by atoms with Crippen molar-refractivity contribution >= 4 is 34.9 Å². The molecule has 1 saturated heterocycles. The smallest absolute Gasteiger partial charge is 0.233 e. The van der Waals surface area contributed by atoms with Gasteiger partial charge in [0.25, 0.3) is 0 Å². The fraction of sp³-hybridized carbons (Fsp3) is 0.545. The molecule has 1 fully saturated rings. The van der Waals surface area contributed by atoms with E-state index in [4.69, 9.17) is 33.7 Å². The van der Waals surface area contributed by atoms with Crippen molar-refractivity contribution in [3.05, 3.63) is 16.5 Å². The molecule has 2 heterocycles. The van der Waals surface area contributed by atoms with Gasteiger partial charge in [-0.2, -0.15) is 0 Å². The lowest BCUT2D eigenvalue weighted by atomic mass is 9.79. The minimum atomic E-state index is -0.623. The van der Waals surface area contributed by atoms with Crippen LogP contribution in [0.1, 0.15) is 12.8 Å². The van der Waals surface area contributed by atoms with Gasteiger partial charge < -0.3 is 15.8 Å². The number of carbonyl (C=O) groups excluding carboxylic acids is 1. The van der Waals surface area contributed by atoms with Gasteiger partial charge in [-0.15, -0.1) is 0 Å². The Morgan fingerprint density at radius 2 is 2.11 bits per heavy atom. The number of halogens is 2. The first-order chi connectivity index (χ1) is 9.05. The third kappa shape index (κ3) is 3.33. The van der Waals surface area contributed by atoms with Gasteiger partial charge in [-0.25, -0.2) is 9.97 Å². The van der Waals surface area contributed by atoms with Crippen molar-refractivity contribution in [1.82, 2.24) is 9.97 Å². The molecule has 1 aliphatic heterocycles. The number of anilines is 1. The van der Waals surface area contributed by atoms with Crippen LogP contribution >= 0.6 is 23.2 Å². The molecule has 0 saturated carbocycles. The third-order valence-electron chi connectivity index (χ3n) is 3.23. The van der Waals surface area contributed by atoms with E-state index in [-0.39, 0.29) is 28.7 Å². The number of hydrogen-bond acceptors (Lipinski definition) is 5. The van der Waals surface area contributed by atoms with Gasteiger partial charge in [0.1, 0.15) is 11.0 Å². The maximum Gasteiger partial charge on any atom is 0.233 e. The van der Waals surface area contributed by atoms with Crippen LogP contribution in [-0.4, -0.2) is 35.6 Å². The summed E-state index contributed by atoms with van der Waals surface area (Å²) in [5.74, 6) is 0.0819. The number of rotatable bonds is 3. The number of hydrogen-bond donors (Lipinski definition) is 2. The van der Waals surface area contributed by atoms with Gasteiger partial charge in [0.05, 0.1) is 5.41 Å². The molecule has 0 atom stereocenters. The maximum atomic E-state index is 12.3. The topological polar surface area (TPSA) is 90.1 Å². The van der Waals surface area contributed by atoms with Crippen LogP contribution in [0.4, 0.5) is 5.82 Å². The van der Waals surface area contributed by atoms with Crippen molar-refractivity contribution in [3.63, 3.8) is 0 Å². The molecule has 0 bridgehead atoms. The lowest BCUT2D eigenvalue weighted by Crippen LogP contribution is -2.46. The molecule has 0 spiro atoms. The number of carbonyl (C=O) groups is 1. The van der Waals surface area contributed by atoms with Gasteiger partial charge in [0.15, 0.2) is 0 Å². The zero-order valence-corrected chi connectivity index (χ0v) is 11.7. The first-order valence-electron chi connectivity index (χ1n) is 5.85. The molecule has 0 radical (unpaired) electrons. The first kappa shape index (κ1) is 14.5. The van der Waals surface area contributed by atoms with Crippen LogP contribution < -0.4 is 11.1 Å². The molecular weight excluding hydrogens is 291 g/mol. The molecule has 6 nitrogen and oxygen atoms in total. The number of aromatic nitrogens is 2. The highest BCUT2D eigenvalue weighted by atomic mass is 35.5. The molecule has 0 unspecified atom stereocenters. The fourth-order valence-electron chi connectivity index (χ4n) is 1.99. The van der Waals surface area contributed by atoms with E-state index in [1.807, 2.05) is 0 Å². The summed E-state index contributed by atoms with van der Waals surface area (Å²) in [6.45, 7) is 1.31. The highest BCUT2D eigenvalue weighted by molar-refractivity contribution is 6.32. The first-order valence-corrected chi connectivity index (χ1v) is 6.61. The average molecular weight is 305 g/mol. The minimum absolute atomic E-state index is 0.0171. The molecule has 104 valence electrons. The highest BCUT2D eigenvalue weighted by Crippen LogP contribution is 2.31. The number of nitrogens with two attached hydrogens (primary N) is 1. The predicted octanol–water partition coefficient (Wildman–Crippen LogP) is 1.48. The van der Waals surface area contributed by atoms with E-state index >= 15 is 0 Å². The van der Waals surface area contributed by atoms with Crippen molar-refractivity contribution in [3.8, 4) is 0 Å². The predicted molar refractivity (Wildman–Crippen MR) is 72.2 cm³/mol. The van der Waals surface area contributed by atoms with Crippen molar-refractivity contribution in [2.45, 2.75) is 12.8 Å². The van der Waals surface area contributed by atoms with Crippen molar-refractivity contribution in [1.29, 1.82) is 0 Å². The van der Waals surface area contributed by atoms with Crippen LogP contribution in [0.2, 0.25) is 10.4 Å². The summed E-state index contributed by atoms with van der Waals surface area (Å²) < 4.78 is 5.26. The summed E-state index contributed by atoms with van der Waals surface area (Å²) in [5.41, 5.74) is 5.13. The molecule has 8 heteroatoms. The molecule has 1 aromatic rings. The molecule has 2 rings (SSSR count). The van der Waals surface area contributed by atoms with Gasteiger partial charge in [-0.1, -0.05) is 11.6 Å². The second-order valence-electron chi connectivity index (χ2n) is 4.40. The largest absolute Gasteiger partial charge is 0.381 e. The summed E-state index contributed by atoms with van der Waals surface area (Å²) in [6.07, 6.45) is 1.17. The zero-order chi connectivity index (χ0) is 13.9. The quantitative estimate of drug-likeness (QED) is 0.652. The lowest BCUT2D eigenvalue weighted by Gasteiger charge is -2.34. The van der Waals surface area contributed by atoms with Crippen molar-refractivity contribution < 1.29 is 9.53 Å². The Kier molecular flexibility index (Phi) is 4.57. The third-order valence-corrected chi connectivity index (χ3v) is 3.59. The summed E-state index contributed by atoms with van der Waals surface area (Å²) in [6, 6.07) is 1.44. The van der Waals surface area contributed by atoms with E-state index in [2.05, 4.69) is 15.3 Å². The molecule has 19 heavy (non-hydrogen) atoms. The SMILES string of the molecule is NCC1(C(=O)Nc2cc(Cl)nc(Cl)n2)CCOCC1. The second kappa shape index (κ2) is 6.00. The maximum absolute atomic E-state index is 12.3. The molecule has 0 aromatic carbocycles. The van der Waals surface area contributed by atoms with Crippen LogP contribution in [-0.2, 0) is 9.53 Å². The Morgan fingerprint density at radius 1 is 1.42 bits per heavy atom. The molecule has 1 aromatic heterocycles. The fourth-order valence-corrected chi connectivity index (χ4v) is 2.40. The molecular formula is C11H14Cl2N4O2. The van der Waals surface area contributed by atoms with Crippen molar-refractivity contribution in [2.75, 3.05) is 25.1 Å². The van der Waals surface area contributed by atoms with Gasteiger partial charge in [-0.3, -0.25) is 4.79 Å². The van der Waals surface area contributed by atoms with Crippen LogP contribution in [0, 0.1) is 5.41 Å². The Morgan fingerprint density at radius 3 is 2.68 bits per heavy atom. The average Bonchev–Trinajstić information content (AvgIpc) is 2.38. The lowest BCUT2D eigenvalue weighted by molar-refractivity contribution is -0.130. The molecule has 0 aliphatic carbocycles. The number of nitrogens with one attached hydrogen (secondary N) is 1. The summed E-state index contributed by atoms with van der Waals surface area (Å²) >= 11 is 11.4. The summed E-state index contributed by atoms with van der Waals surface area (Å²) in [4.78, 5) is 20.0. The Hall–Kier alpha value is -0.950.